The van der Waals surface area contributed by atoms with Crippen LogP contribution in [0.3, 0.4) is 0 Å². The molecule has 4 heteroatoms. The zero-order valence-corrected chi connectivity index (χ0v) is 15.2. The van der Waals surface area contributed by atoms with Gasteiger partial charge in [-0.1, -0.05) is 30.3 Å². The molecule has 0 saturated carbocycles. The molecule has 0 unspecified atom stereocenters. The summed E-state index contributed by atoms with van der Waals surface area (Å²) >= 11 is 2.33. The zero-order valence-electron chi connectivity index (χ0n) is 13.0. The summed E-state index contributed by atoms with van der Waals surface area (Å²) in [7, 11) is 0. The van der Waals surface area contributed by atoms with Gasteiger partial charge in [-0.25, -0.2) is 0 Å². The van der Waals surface area contributed by atoms with Crippen LogP contribution in [0.25, 0.3) is 0 Å². The van der Waals surface area contributed by atoms with Gasteiger partial charge in [0.05, 0.1) is 0 Å². The van der Waals surface area contributed by atoms with E-state index in [9.17, 15) is 4.79 Å². The van der Waals surface area contributed by atoms with E-state index < -0.39 is 0 Å². The van der Waals surface area contributed by atoms with Gasteiger partial charge in [-0.05, 0) is 65.3 Å². The fraction of sp³-hybridized carbons (Fsp3) is 0.316. The van der Waals surface area contributed by atoms with Crippen molar-refractivity contribution in [3.63, 3.8) is 0 Å². The molecule has 1 aliphatic heterocycles. The van der Waals surface area contributed by atoms with Crippen LogP contribution in [0.4, 0.5) is 0 Å². The molecule has 120 valence electrons. The van der Waals surface area contributed by atoms with Gasteiger partial charge in [-0.2, -0.15) is 0 Å². The van der Waals surface area contributed by atoms with Gasteiger partial charge in [0, 0.05) is 34.8 Å². The Kier molecular flexibility index (Phi) is 5.67. The molecule has 3 rings (SSSR count). The van der Waals surface area contributed by atoms with E-state index in [-0.39, 0.29) is 11.9 Å². The Balaban J connectivity index is 1.47. The van der Waals surface area contributed by atoms with Crippen molar-refractivity contribution in [3.8, 4) is 0 Å². The first-order valence-corrected chi connectivity index (χ1v) is 9.11. The first kappa shape index (κ1) is 16.5. The van der Waals surface area contributed by atoms with E-state index in [1.54, 1.807) is 0 Å². The van der Waals surface area contributed by atoms with Crippen molar-refractivity contribution in [3.05, 3.63) is 69.3 Å². The lowest BCUT2D eigenvalue weighted by atomic mass is 10.0. The van der Waals surface area contributed by atoms with Crippen LogP contribution >= 0.6 is 22.6 Å². The van der Waals surface area contributed by atoms with Crippen molar-refractivity contribution in [2.45, 2.75) is 25.4 Å². The summed E-state index contributed by atoms with van der Waals surface area (Å²) in [4.78, 5) is 14.7. The Labute approximate surface area is 151 Å². The number of carbonyl (C=O) groups excluding carboxylic acids is 1. The molecule has 0 aliphatic carbocycles. The van der Waals surface area contributed by atoms with Gasteiger partial charge >= 0.3 is 0 Å². The Bertz CT molecular complexity index is 634. The number of nitrogens with zero attached hydrogens (tertiary/aromatic N) is 1. The number of benzene rings is 2. The van der Waals surface area contributed by atoms with E-state index in [4.69, 9.17) is 0 Å². The molecule has 23 heavy (non-hydrogen) atoms. The monoisotopic (exact) mass is 420 g/mol. The van der Waals surface area contributed by atoms with Gasteiger partial charge in [0.1, 0.15) is 0 Å². The number of piperidine rings is 1. The van der Waals surface area contributed by atoms with Crippen molar-refractivity contribution in [1.82, 2.24) is 10.2 Å². The molecule has 1 fully saturated rings. The van der Waals surface area contributed by atoms with E-state index in [1.807, 2.05) is 30.3 Å². The molecule has 3 nitrogen and oxygen atoms in total. The molecule has 0 radical (unpaired) electrons. The van der Waals surface area contributed by atoms with Gasteiger partial charge in [0.25, 0.3) is 5.91 Å². The SMILES string of the molecule is O=C(NC1CCN(Cc2ccc(I)cc2)CC1)c1ccccc1. The molecule has 1 heterocycles. The van der Waals surface area contributed by atoms with Crippen LogP contribution in [0.1, 0.15) is 28.8 Å². The number of halogens is 1. The number of rotatable bonds is 4. The minimum Gasteiger partial charge on any atom is -0.349 e. The Morgan fingerprint density at radius 2 is 1.70 bits per heavy atom. The number of likely N-dealkylation sites (tertiary alicyclic amines) is 1. The summed E-state index contributed by atoms with van der Waals surface area (Å²) in [6.07, 6.45) is 2.03. The number of hydrogen-bond acceptors (Lipinski definition) is 2. The summed E-state index contributed by atoms with van der Waals surface area (Å²) in [5.74, 6) is 0.0432. The van der Waals surface area contributed by atoms with Crippen molar-refractivity contribution in [1.29, 1.82) is 0 Å². The number of amides is 1. The van der Waals surface area contributed by atoms with E-state index in [0.717, 1.165) is 38.0 Å². The second kappa shape index (κ2) is 7.93. The number of nitrogens with one attached hydrogen (secondary N) is 1. The summed E-state index contributed by atoms with van der Waals surface area (Å²) < 4.78 is 1.27. The molecule has 1 N–H and O–H groups in total. The first-order chi connectivity index (χ1) is 11.2. The Morgan fingerprint density at radius 3 is 2.35 bits per heavy atom. The predicted molar refractivity (Wildman–Crippen MR) is 101 cm³/mol. The van der Waals surface area contributed by atoms with Gasteiger partial charge in [0.15, 0.2) is 0 Å². The summed E-state index contributed by atoms with van der Waals surface area (Å²) in [5.41, 5.74) is 2.10. The average Bonchev–Trinajstić information content (AvgIpc) is 2.59. The molecular formula is C19H21IN2O. The topological polar surface area (TPSA) is 32.3 Å². The highest BCUT2D eigenvalue weighted by Gasteiger charge is 2.21. The number of hydrogen-bond donors (Lipinski definition) is 1. The minimum atomic E-state index is 0.0432. The van der Waals surface area contributed by atoms with Crippen molar-refractivity contribution in [2.24, 2.45) is 0 Å². The molecular weight excluding hydrogens is 399 g/mol. The molecule has 0 atom stereocenters. The zero-order chi connectivity index (χ0) is 16.1. The molecule has 0 bridgehead atoms. The van der Waals surface area contributed by atoms with E-state index in [1.165, 1.54) is 9.13 Å². The summed E-state index contributed by atoms with van der Waals surface area (Å²) in [6, 6.07) is 18.5. The van der Waals surface area contributed by atoms with Crippen LogP contribution in [0, 0.1) is 3.57 Å². The normalized spacial score (nSPS) is 16.2. The van der Waals surface area contributed by atoms with Crippen LogP contribution in [0.2, 0.25) is 0 Å². The molecule has 1 aliphatic rings. The van der Waals surface area contributed by atoms with Crippen LogP contribution in [0.15, 0.2) is 54.6 Å². The van der Waals surface area contributed by atoms with E-state index >= 15 is 0 Å². The van der Waals surface area contributed by atoms with Crippen molar-refractivity contribution < 1.29 is 4.79 Å². The van der Waals surface area contributed by atoms with Crippen LogP contribution in [0.5, 0.6) is 0 Å². The standard InChI is InChI=1S/C19H21IN2O/c20-17-8-6-15(7-9-17)14-22-12-10-18(11-13-22)21-19(23)16-4-2-1-3-5-16/h1-9,18H,10-14H2,(H,21,23). The van der Waals surface area contributed by atoms with Crippen molar-refractivity contribution in [2.75, 3.05) is 13.1 Å². The maximum absolute atomic E-state index is 12.2. The third-order valence-electron chi connectivity index (χ3n) is 4.28. The third-order valence-corrected chi connectivity index (χ3v) is 5.00. The molecule has 1 amide bonds. The van der Waals surface area contributed by atoms with Crippen molar-refractivity contribution >= 4 is 28.5 Å². The lowest BCUT2D eigenvalue weighted by Crippen LogP contribution is -2.44. The van der Waals surface area contributed by atoms with Gasteiger partial charge in [0.2, 0.25) is 0 Å². The van der Waals surface area contributed by atoms with Crippen LogP contribution in [-0.4, -0.2) is 29.9 Å². The third kappa shape index (κ3) is 4.78. The largest absolute Gasteiger partial charge is 0.349 e. The highest BCUT2D eigenvalue weighted by Crippen LogP contribution is 2.15. The molecule has 0 spiro atoms. The predicted octanol–water partition coefficient (Wildman–Crippen LogP) is 3.69. The Morgan fingerprint density at radius 1 is 1.04 bits per heavy atom. The maximum atomic E-state index is 12.2. The van der Waals surface area contributed by atoms with E-state index in [2.05, 4.69) is 57.1 Å². The van der Waals surface area contributed by atoms with Crippen LogP contribution < -0.4 is 5.32 Å². The second-order valence-corrected chi connectivity index (χ2v) is 7.26. The molecule has 1 saturated heterocycles. The summed E-state index contributed by atoms with van der Waals surface area (Å²) in [5, 5.41) is 3.16. The second-order valence-electron chi connectivity index (χ2n) is 6.02. The molecule has 2 aromatic rings. The van der Waals surface area contributed by atoms with E-state index in [0.29, 0.717) is 0 Å². The highest BCUT2D eigenvalue weighted by molar-refractivity contribution is 14.1. The number of carbonyl (C=O) groups is 1. The fourth-order valence-corrected chi connectivity index (χ4v) is 3.30. The smallest absolute Gasteiger partial charge is 0.251 e. The van der Waals surface area contributed by atoms with Gasteiger partial charge in [-0.15, -0.1) is 0 Å². The molecule has 2 aromatic carbocycles. The molecule has 0 aromatic heterocycles. The minimum absolute atomic E-state index is 0.0432. The van der Waals surface area contributed by atoms with Crippen LogP contribution in [-0.2, 0) is 6.54 Å². The van der Waals surface area contributed by atoms with Gasteiger partial charge < -0.3 is 5.32 Å². The lowest BCUT2D eigenvalue weighted by molar-refractivity contribution is 0.0909. The highest BCUT2D eigenvalue weighted by atomic mass is 127. The summed E-state index contributed by atoms with van der Waals surface area (Å²) in [6.45, 7) is 3.06. The lowest BCUT2D eigenvalue weighted by Gasteiger charge is -2.32. The first-order valence-electron chi connectivity index (χ1n) is 8.03. The Hall–Kier alpha value is -1.40. The maximum Gasteiger partial charge on any atom is 0.251 e. The van der Waals surface area contributed by atoms with Gasteiger partial charge in [-0.3, -0.25) is 9.69 Å². The average molecular weight is 420 g/mol. The fourth-order valence-electron chi connectivity index (χ4n) is 2.94. The quantitative estimate of drug-likeness (QED) is 0.766.